The summed E-state index contributed by atoms with van der Waals surface area (Å²) in [4.78, 5) is 0. The number of rotatable bonds is 3. The molecule has 1 aliphatic rings. The Hall–Kier alpha value is -1.26. The lowest BCUT2D eigenvalue weighted by molar-refractivity contribution is 0.0356. The molecular weight excluding hydrogens is 218 g/mol. The average Bonchev–Trinajstić information content (AvgIpc) is 2.39. The van der Waals surface area contributed by atoms with Crippen molar-refractivity contribution in [1.29, 1.82) is 0 Å². The van der Waals surface area contributed by atoms with E-state index in [2.05, 4.69) is 0 Å². The predicted molar refractivity (Wildman–Crippen MR) is 65.5 cm³/mol. The molecule has 0 aliphatic carbocycles. The molecule has 0 spiro atoms. The second kappa shape index (κ2) is 4.94. The first kappa shape index (κ1) is 12.2. The van der Waals surface area contributed by atoms with Crippen molar-refractivity contribution in [3.8, 4) is 11.5 Å². The van der Waals surface area contributed by atoms with Gasteiger partial charge in [-0.25, -0.2) is 0 Å². The van der Waals surface area contributed by atoms with Gasteiger partial charge in [0.2, 0.25) is 0 Å². The van der Waals surface area contributed by atoms with Crippen molar-refractivity contribution in [3.05, 3.63) is 23.8 Å². The molecule has 17 heavy (non-hydrogen) atoms. The molecule has 0 amide bonds. The quantitative estimate of drug-likeness (QED) is 0.868. The molecule has 1 fully saturated rings. The van der Waals surface area contributed by atoms with Crippen LogP contribution in [0.4, 0.5) is 0 Å². The second-order valence-electron chi connectivity index (χ2n) is 4.38. The third-order valence-corrected chi connectivity index (χ3v) is 3.21. The van der Waals surface area contributed by atoms with Gasteiger partial charge >= 0.3 is 0 Å². The summed E-state index contributed by atoms with van der Waals surface area (Å²) in [5, 5.41) is 0. The molecule has 0 aromatic heterocycles. The summed E-state index contributed by atoms with van der Waals surface area (Å²) < 4.78 is 16.1. The highest BCUT2D eigenvalue weighted by Crippen LogP contribution is 2.36. The molecule has 1 aromatic carbocycles. The topological polar surface area (TPSA) is 53.7 Å². The van der Waals surface area contributed by atoms with E-state index in [-0.39, 0.29) is 0 Å². The Labute approximate surface area is 102 Å². The number of benzene rings is 1. The molecule has 0 radical (unpaired) electrons. The number of nitrogens with two attached hydrogens (primary N) is 1. The van der Waals surface area contributed by atoms with Crippen LogP contribution in [0.15, 0.2) is 18.2 Å². The minimum atomic E-state index is -0.474. The van der Waals surface area contributed by atoms with Crippen LogP contribution in [0.25, 0.3) is 0 Å². The molecule has 1 aromatic rings. The first-order valence-electron chi connectivity index (χ1n) is 5.79. The van der Waals surface area contributed by atoms with Crippen LogP contribution in [0.5, 0.6) is 11.5 Å². The maximum atomic E-state index is 6.42. The van der Waals surface area contributed by atoms with Gasteiger partial charge in [-0.2, -0.15) is 0 Å². The Morgan fingerprint density at radius 1 is 1.29 bits per heavy atom. The van der Waals surface area contributed by atoms with Gasteiger partial charge in [0, 0.05) is 12.2 Å². The molecular formula is C13H19NO3. The van der Waals surface area contributed by atoms with Gasteiger partial charge in [-0.05, 0) is 31.0 Å². The van der Waals surface area contributed by atoms with E-state index in [4.69, 9.17) is 19.9 Å². The van der Waals surface area contributed by atoms with E-state index >= 15 is 0 Å². The largest absolute Gasteiger partial charge is 0.497 e. The Bertz CT molecular complexity index is 386. The van der Waals surface area contributed by atoms with Crippen LogP contribution in [0.1, 0.15) is 18.4 Å². The van der Waals surface area contributed by atoms with E-state index in [1.807, 2.05) is 18.2 Å². The van der Waals surface area contributed by atoms with E-state index in [9.17, 15) is 0 Å². The molecule has 0 saturated carbocycles. The van der Waals surface area contributed by atoms with Gasteiger partial charge in [0.05, 0.1) is 26.4 Å². The van der Waals surface area contributed by atoms with Crippen molar-refractivity contribution in [3.63, 3.8) is 0 Å². The standard InChI is InChI=1S/C13H19NO3/c1-15-10-4-5-12(16-2)11(8-10)13(14)6-3-7-17-9-13/h4-5,8H,3,6-7,9,14H2,1-2H3. The van der Waals surface area contributed by atoms with Gasteiger partial charge < -0.3 is 19.9 Å². The summed E-state index contributed by atoms with van der Waals surface area (Å²) in [6.07, 6.45) is 1.87. The number of hydrogen-bond donors (Lipinski definition) is 1. The zero-order valence-corrected chi connectivity index (χ0v) is 10.4. The normalized spacial score (nSPS) is 24.4. The van der Waals surface area contributed by atoms with Crippen molar-refractivity contribution >= 4 is 0 Å². The van der Waals surface area contributed by atoms with Gasteiger partial charge in [-0.3, -0.25) is 0 Å². The van der Waals surface area contributed by atoms with Crippen LogP contribution < -0.4 is 15.2 Å². The number of methoxy groups -OCH3 is 2. The van der Waals surface area contributed by atoms with Crippen LogP contribution >= 0.6 is 0 Å². The maximum Gasteiger partial charge on any atom is 0.124 e. The molecule has 2 N–H and O–H groups in total. The molecule has 1 aliphatic heterocycles. The Kier molecular flexibility index (Phi) is 3.54. The molecule has 1 saturated heterocycles. The van der Waals surface area contributed by atoms with E-state index in [1.54, 1.807) is 14.2 Å². The van der Waals surface area contributed by atoms with Gasteiger partial charge in [0.25, 0.3) is 0 Å². The third kappa shape index (κ3) is 2.37. The Balaban J connectivity index is 2.40. The van der Waals surface area contributed by atoms with E-state index in [0.717, 1.165) is 36.5 Å². The van der Waals surface area contributed by atoms with E-state index in [0.29, 0.717) is 6.61 Å². The van der Waals surface area contributed by atoms with Gasteiger partial charge in [0.1, 0.15) is 11.5 Å². The van der Waals surface area contributed by atoms with E-state index in [1.165, 1.54) is 0 Å². The number of ether oxygens (including phenoxy) is 3. The SMILES string of the molecule is COc1ccc(OC)c(C2(N)CCCOC2)c1. The predicted octanol–water partition coefficient (Wildman–Crippen LogP) is 1.67. The summed E-state index contributed by atoms with van der Waals surface area (Å²) in [5.74, 6) is 1.58. The second-order valence-corrected chi connectivity index (χ2v) is 4.38. The zero-order chi connectivity index (χ0) is 12.3. The smallest absolute Gasteiger partial charge is 0.124 e. The van der Waals surface area contributed by atoms with Gasteiger partial charge in [0.15, 0.2) is 0 Å². The van der Waals surface area contributed by atoms with Gasteiger partial charge in [-0.1, -0.05) is 0 Å². The van der Waals surface area contributed by atoms with Crippen molar-refractivity contribution in [2.45, 2.75) is 18.4 Å². The minimum Gasteiger partial charge on any atom is -0.497 e. The van der Waals surface area contributed by atoms with Gasteiger partial charge in [-0.15, -0.1) is 0 Å². The highest BCUT2D eigenvalue weighted by molar-refractivity contribution is 5.44. The molecule has 1 unspecified atom stereocenters. The van der Waals surface area contributed by atoms with Crippen LogP contribution in [-0.4, -0.2) is 27.4 Å². The molecule has 4 heteroatoms. The third-order valence-electron chi connectivity index (χ3n) is 3.21. The fraction of sp³-hybridized carbons (Fsp3) is 0.538. The van der Waals surface area contributed by atoms with Crippen molar-refractivity contribution in [1.82, 2.24) is 0 Å². The zero-order valence-electron chi connectivity index (χ0n) is 10.4. The summed E-state index contributed by atoms with van der Waals surface area (Å²) in [7, 11) is 3.30. The summed E-state index contributed by atoms with van der Waals surface area (Å²) in [6.45, 7) is 1.31. The Morgan fingerprint density at radius 3 is 2.71 bits per heavy atom. The van der Waals surface area contributed by atoms with Crippen LogP contribution in [-0.2, 0) is 10.3 Å². The molecule has 1 atom stereocenters. The summed E-state index contributed by atoms with van der Waals surface area (Å²) >= 11 is 0. The highest BCUT2D eigenvalue weighted by Gasteiger charge is 2.33. The van der Waals surface area contributed by atoms with Crippen LogP contribution in [0, 0.1) is 0 Å². The van der Waals surface area contributed by atoms with Crippen molar-refractivity contribution in [2.75, 3.05) is 27.4 Å². The lowest BCUT2D eigenvalue weighted by atomic mass is 9.85. The van der Waals surface area contributed by atoms with Crippen LogP contribution in [0.2, 0.25) is 0 Å². The first-order chi connectivity index (χ1) is 8.19. The summed E-state index contributed by atoms with van der Waals surface area (Å²) in [6, 6.07) is 5.69. The molecule has 4 nitrogen and oxygen atoms in total. The monoisotopic (exact) mass is 237 g/mol. The highest BCUT2D eigenvalue weighted by atomic mass is 16.5. The fourth-order valence-corrected chi connectivity index (χ4v) is 2.23. The summed E-state index contributed by atoms with van der Waals surface area (Å²) in [5.41, 5.74) is 6.90. The van der Waals surface area contributed by atoms with Crippen molar-refractivity contribution in [2.24, 2.45) is 5.73 Å². The molecule has 2 rings (SSSR count). The fourth-order valence-electron chi connectivity index (χ4n) is 2.23. The maximum absolute atomic E-state index is 6.42. The minimum absolute atomic E-state index is 0.474. The average molecular weight is 237 g/mol. The Morgan fingerprint density at radius 2 is 2.12 bits per heavy atom. The first-order valence-corrected chi connectivity index (χ1v) is 5.79. The lowest BCUT2D eigenvalue weighted by Gasteiger charge is -2.34. The lowest BCUT2D eigenvalue weighted by Crippen LogP contribution is -2.44. The van der Waals surface area contributed by atoms with Crippen molar-refractivity contribution < 1.29 is 14.2 Å². The van der Waals surface area contributed by atoms with E-state index < -0.39 is 5.54 Å². The van der Waals surface area contributed by atoms with Crippen LogP contribution in [0.3, 0.4) is 0 Å². The molecule has 1 heterocycles. The number of hydrogen-bond acceptors (Lipinski definition) is 4. The molecule has 94 valence electrons. The molecule has 0 bridgehead atoms.